The smallest absolute Gasteiger partial charge is 0.224 e. The highest BCUT2D eigenvalue weighted by molar-refractivity contribution is 7.90. The van der Waals surface area contributed by atoms with Gasteiger partial charge >= 0.3 is 0 Å². The summed E-state index contributed by atoms with van der Waals surface area (Å²) in [4.78, 5) is -0.0175. The van der Waals surface area contributed by atoms with Crippen LogP contribution in [0.1, 0.15) is 18.9 Å². The number of hydrogen-bond donors (Lipinski definition) is 1. The van der Waals surface area contributed by atoms with E-state index in [2.05, 4.69) is 0 Å². The average Bonchev–Trinajstić information content (AvgIpc) is 2.34. The molecule has 0 fully saturated rings. The summed E-state index contributed by atoms with van der Waals surface area (Å²) >= 11 is 0. The topological polar surface area (TPSA) is 80.3 Å². The molecule has 0 aromatic heterocycles. The third-order valence-corrected chi connectivity index (χ3v) is 5.24. The summed E-state index contributed by atoms with van der Waals surface area (Å²) in [6, 6.07) is 3.95. The van der Waals surface area contributed by atoms with Gasteiger partial charge in [-0.05, 0) is 24.1 Å². The summed E-state index contributed by atoms with van der Waals surface area (Å²) in [5.74, 6) is -0.556. The van der Waals surface area contributed by atoms with Gasteiger partial charge < -0.3 is 0 Å². The van der Waals surface area contributed by atoms with Gasteiger partial charge in [0, 0.05) is 6.26 Å². The molecule has 0 amide bonds. The highest BCUT2D eigenvalue weighted by Crippen LogP contribution is 2.14. The number of alkyl halides is 2. The van der Waals surface area contributed by atoms with E-state index in [0.717, 1.165) is 6.26 Å². The van der Waals surface area contributed by atoms with Crippen molar-refractivity contribution in [2.24, 2.45) is 0 Å². The van der Waals surface area contributed by atoms with Gasteiger partial charge in [-0.25, -0.2) is 30.3 Å². The van der Waals surface area contributed by atoms with Crippen molar-refractivity contribution in [3.8, 4) is 0 Å². The molecule has 0 saturated heterocycles. The predicted molar refractivity (Wildman–Crippen MR) is 75.4 cm³/mol. The standard InChI is InChI=1S/C12H17F2NO4S2/c1-3-11(12(13)14)15-21(18,19)8-9-5-4-6-10(7-9)20(2,16)17/h4-7,11-12,15H,3,8H2,1-2H3. The Kier molecular flexibility index (Phi) is 5.83. The van der Waals surface area contributed by atoms with Crippen LogP contribution in [0.25, 0.3) is 0 Å². The van der Waals surface area contributed by atoms with Gasteiger partial charge in [-0.2, -0.15) is 0 Å². The lowest BCUT2D eigenvalue weighted by atomic mass is 10.2. The summed E-state index contributed by atoms with van der Waals surface area (Å²) in [5, 5.41) is 0. The number of sulfonamides is 1. The molecule has 1 aromatic carbocycles. The van der Waals surface area contributed by atoms with E-state index in [1.807, 2.05) is 4.72 Å². The maximum Gasteiger partial charge on any atom is 0.254 e. The largest absolute Gasteiger partial charge is 0.254 e. The van der Waals surface area contributed by atoms with Crippen molar-refractivity contribution < 1.29 is 25.6 Å². The molecule has 5 nitrogen and oxygen atoms in total. The van der Waals surface area contributed by atoms with Crippen LogP contribution in [-0.2, 0) is 25.6 Å². The Morgan fingerprint density at radius 1 is 1.19 bits per heavy atom. The molecule has 1 N–H and O–H groups in total. The van der Waals surface area contributed by atoms with Crippen molar-refractivity contribution in [1.82, 2.24) is 4.72 Å². The van der Waals surface area contributed by atoms with Crippen LogP contribution in [0.3, 0.4) is 0 Å². The number of benzene rings is 1. The van der Waals surface area contributed by atoms with Crippen LogP contribution >= 0.6 is 0 Å². The molecule has 1 rings (SSSR count). The zero-order valence-corrected chi connectivity index (χ0v) is 13.2. The monoisotopic (exact) mass is 341 g/mol. The molecule has 0 aliphatic heterocycles. The second-order valence-electron chi connectivity index (χ2n) is 4.65. The van der Waals surface area contributed by atoms with Crippen molar-refractivity contribution in [3.05, 3.63) is 29.8 Å². The number of hydrogen-bond acceptors (Lipinski definition) is 4. The fraction of sp³-hybridized carbons (Fsp3) is 0.500. The van der Waals surface area contributed by atoms with E-state index in [0.29, 0.717) is 0 Å². The van der Waals surface area contributed by atoms with Crippen molar-refractivity contribution in [3.63, 3.8) is 0 Å². The van der Waals surface area contributed by atoms with Gasteiger partial charge in [0.15, 0.2) is 9.84 Å². The molecule has 21 heavy (non-hydrogen) atoms. The number of rotatable bonds is 7. The molecule has 9 heteroatoms. The minimum atomic E-state index is -3.98. The van der Waals surface area contributed by atoms with E-state index >= 15 is 0 Å². The van der Waals surface area contributed by atoms with Gasteiger partial charge in [0.05, 0.1) is 16.7 Å². The third kappa shape index (κ3) is 5.68. The molecule has 0 bridgehead atoms. The fourth-order valence-corrected chi connectivity index (χ4v) is 3.79. The lowest BCUT2D eigenvalue weighted by Crippen LogP contribution is -2.40. The molecular weight excluding hydrogens is 324 g/mol. The summed E-state index contributed by atoms with van der Waals surface area (Å²) in [6.07, 6.45) is -1.84. The van der Waals surface area contributed by atoms with E-state index in [9.17, 15) is 25.6 Å². The number of nitrogens with one attached hydrogen (secondary N) is 1. The zero-order chi connectivity index (χ0) is 16.3. The molecule has 0 radical (unpaired) electrons. The van der Waals surface area contributed by atoms with Crippen LogP contribution in [0.2, 0.25) is 0 Å². The number of sulfone groups is 1. The van der Waals surface area contributed by atoms with Gasteiger partial charge in [0.1, 0.15) is 0 Å². The van der Waals surface area contributed by atoms with Crippen LogP contribution in [0.15, 0.2) is 29.2 Å². The minimum absolute atomic E-state index is 0.0175. The Morgan fingerprint density at radius 2 is 1.81 bits per heavy atom. The van der Waals surface area contributed by atoms with Gasteiger partial charge in [-0.15, -0.1) is 0 Å². The van der Waals surface area contributed by atoms with E-state index in [4.69, 9.17) is 0 Å². The van der Waals surface area contributed by atoms with Crippen LogP contribution < -0.4 is 4.72 Å². The van der Waals surface area contributed by atoms with Crippen LogP contribution in [0.5, 0.6) is 0 Å². The Balaban J connectivity index is 2.95. The van der Waals surface area contributed by atoms with E-state index in [1.165, 1.54) is 31.2 Å². The zero-order valence-electron chi connectivity index (χ0n) is 11.6. The molecule has 1 aromatic rings. The van der Waals surface area contributed by atoms with Crippen LogP contribution in [-0.4, -0.2) is 35.6 Å². The van der Waals surface area contributed by atoms with Crippen LogP contribution in [0.4, 0.5) is 8.78 Å². The summed E-state index contributed by atoms with van der Waals surface area (Å²) in [6.45, 7) is 1.45. The molecule has 0 heterocycles. The van der Waals surface area contributed by atoms with Gasteiger partial charge in [0.2, 0.25) is 10.0 Å². The Bertz CT molecular complexity index is 687. The third-order valence-electron chi connectivity index (χ3n) is 2.76. The van der Waals surface area contributed by atoms with E-state index < -0.39 is 38.1 Å². The first kappa shape index (κ1) is 18.0. The fourth-order valence-electron chi connectivity index (χ4n) is 1.67. The molecule has 0 aliphatic carbocycles. The minimum Gasteiger partial charge on any atom is -0.224 e. The second-order valence-corrected chi connectivity index (χ2v) is 8.42. The summed E-state index contributed by atoms with van der Waals surface area (Å²) in [7, 11) is -7.44. The SMILES string of the molecule is CCC(NS(=O)(=O)Cc1cccc(S(C)(=O)=O)c1)C(F)F. The normalized spacial score (nSPS) is 14.3. The quantitative estimate of drug-likeness (QED) is 0.816. The molecule has 1 atom stereocenters. The molecular formula is C12H17F2NO4S2. The van der Waals surface area contributed by atoms with Crippen molar-refractivity contribution in [2.45, 2.75) is 36.5 Å². The van der Waals surface area contributed by atoms with Crippen LogP contribution in [0, 0.1) is 0 Å². The number of halogens is 2. The second kappa shape index (κ2) is 6.80. The maximum atomic E-state index is 12.6. The molecule has 0 saturated carbocycles. The summed E-state index contributed by atoms with van der Waals surface area (Å²) in [5.41, 5.74) is 0.217. The lowest BCUT2D eigenvalue weighted by molar-refractivity contribution is 0.107. The van der Waals surface area contributed by atoms with Gasteiger partial charge in [-0.1, -0.05) is 19.1 Å². The average molecular weight is 341 g/mol. The Morgan fingerprint density at radius 3 is 2.29 bits per heavy atom. The Hall–Kier alpha value is -1.06. The first-order valence-corrected chi connectivity index (χ1v) is 9.66. The highest BCUT2D eigenvalue weighted by atomic mass is 32.2. The van der Waals surface area contributed by atoms with Gasteiger partial charge in [-0.3, -0.25) is 0 Å². The van der Waals surface area contributed by atoms with Crippen molar-refractivity contribution in [1.29, 1.82) is 0 Å². The first-order chi connectivity index (χ1) is 9.55. The molecule has 0 spiro atoms. The van der Waals surface area contributed by atoms with E-state index in [1.54, 1.807) is 0 Å². The summed E-state index contributed by atoms with van der Waals surface area (Å²) < 4.78 is 73.6. The van der Waals surface area contributed by atoms with Crippen molar-refractivity contribution >= 4 is 19.9 Å². The van der Waals surface area contributed by atoms with E-state index in [-0.39, 0.29) is 16.9 Å². The molecule has 0 aliphatic rings. The highest BCUT2D eigenvalue weighted by Gasteiger charge is 2.24. The van der Waals surface area contributed by atoms with Gasteiger partial charge in [0.25, 0.3) is 6.43 Å². The molecule has 1 unspecified atom stereocenters. The first-order valence-electron chi connectivity index (χ1n) is 6.12. The predicted octanol–water partition coefficient (Wildman–Crippen LogP) is 1.55. The Labute approximate surface area is 123 Å². The van der Waals surface area contributed by atoms with Crippen molar-refractivity contribution in [2.75, 3.05) is 6.26 Å². The maximum absolute atomic E-state index is 12.6. The lowest BCUT2D eigenvalue weighted by Gasteiger charge is -2.16. The molecule has 120 valence electrons.